The van der Waals surface area contributed by atoms with Crippen molar-refractivity contribution in [1.29, 1.82) is 0 Å². The first-order valence-corrected chi connectivity index (χ1v) is 14.4. The van der Waals surface area contributed by atoms with Crippen LogP contribution in [0, 0.1) is 0 Å². The Morgan fingerprint density at radius 3 is 2.14 bits per heavy atom. The van der Waals surface area contributed by atoms with E-state index in [1.165, 1.54) is 10.4 Å². The fourth-order valence-electron chi connectivity index (χ4n) is 4.99. The molecule has 1 heterocycles. The molecule has 2 aromatic carbocycles. The summed E-state index contributed by atoms with van der Waals surface area (Å²) in [4.78, 5) is 10.9. The molecule has 188 valence electrons. The monoisotopic (exact) mass is 492 g/mol. The number of rotatable bonds is 12. The van der Waals surface area contributed by atoms with E-state index < -0.39 is 8.32 Å². The Morgan fingerprint density at radius 1 is 1.03 bits per heavy atom. The van der Waals surface area contributed by atoms with Crippen molar-refractivity contribution < 1.29 is 18.7 Å². The van der Waals surface area contributed by atoms with E-state index in [-0.39, 0.29) is 23.4 Å². The van der Waals surface area contributed by atoms with Crippen LogP contribution in [-0.2, 0) is 18.7 Å². The maximum absolute atomic E-state index is 10.9. The number of carbonyl (C=O) groups excluding carboxylic acids is 1. The van der Waals surface area contributed by atoms with Crippen molar-refractivity contribution in [3.8, 4) is 0 Å². The highest BCUT2D eigenvalue weighted by Gasteiger charge is 2.50. The molecule has 0 unspecified atom stereocenters. The van der Waals surface area contributed by atoms with E-state index >= 15 is 0 Å². The van der Waals surface area contributed by atoms with Crippen LogP contribution in [0.1, 0.15) is 46.5 Å². The third-order valence-corrected chi connectivity index (χ3v) is 11.7. The van der Waals surface area contributed by atoms with Crippen LogP contribution in [0.3, 0.4) is 0 Å². The molecule has 4 nitrogen and oxygen atoms in total. The minimum absolute atomic E-state index is 0.0552. The Morgan fingerprint density at radius 2 is 1.63 bits per heavy atom. The average Bonchev–Trinajstić information content (AvgIpc) is 2.85. The Hall–Kier alpha value is -2.31. The first kappa shape index (κ1) is 27.3. The Balaban J connectivity index is 1.69. The van der Waals surface area contributed by atoms with Gasteiger partial charge in [-0.15, -0.1) is 0 Å². The van der Waals surface area contributed by atoms with E-state index in [4.69, 9.17) is 13.9 Å². The van der Waals surface area contributed by atoms with Crippen molar-refractivity contribution in [2.24, 2.45) is 0 Å². The maximum atomic E-state index is 10.9. The minimum Gasteiger partial charge on any atom is -0.403 e. The lowest BCUT2D eigenvalue weighted by Crippen LogP contribution is -2.66. The summed E-state index contributed by atoms with van der Waals surface area (Å²) in [6.45, 7) is 11.8. The summed E-state index contributed by atoms with van der Waals surface area (Å²) in [6.07, 6.45) is 7.55. The smallest absolute Gasteiger partial charge is 0.261 e. The van der Waals surface area contributed by atoms with Crippen LogP contribution in [0.25, 0.3) is 0 Å². The van der Waals surface area contributed by atoms with Crippen molar-refractivity contribution in [2.75, 3.05) is 13.7 Å². The van der Waals surface area contributed by atoms with Gasteiger partial charge in [0.05, 0.1) is 18.8 Å². The third kappa shape index (κ3) is 6.67. The van der Waals surface area contributed by atoms with Gasteiger partial charge in [0.1, 0.15) is 12.4 Å². The van der Waals surface area contributed by atoms with E-state index in [9.17, 15) is 4.79 Å². The second-order valence-corrected chi connectivity index (χ2v) is 14.6. The van der Waals surface area contributed by atoms with E-state index in [2.05, 4.69) is 88.0 Å². The Labute approximate surface area is 212 Å². The Bertz CT molecular complexity index is 925. The standard InChI is InChI=1S/C30H40O4Si/c1-24(13-12-18-29-28(32-5)20-19-25(34-29)21-22-31)23-33-35(30(2,3)4,26-14-8-6-9-15-26)27-16-10-7-11-17-27/h6-11,14-17,19-20,22,25,28-29H,1,12-13,18,21,23H2,2-5H3/t25-,28-,29+/m0/s1. The van der Waals surface area contributed by atoms with Crippen LogP contribution < -0.4 is 10.4 Å². The van der Waals surface area contributed by atoms with Gasteiger partial charge in [-0.2, -0.15) is 0 Å². The molecule has 0 saturated heterocycles. The number of carbonyl (C=O) groups is 1. The van der Waals surface area contributed by atoms with Crippen LogP contribution in [0.15, 0.2) is 85.0 Å². The molecule has 3 rings (SSSR count). The molecule has 0 fully saturated rings. The third-order valence-electron chi connectivity index (χ3n) is 6.76. The predicted octanol–water partition coefficient (Wildman–Crippen LogP) is 5.22. The predicted molar refractivity (Wildman–Crippen MR) is 146 cm³/mol. The zero-order valence-electron chi connectivity index (χ0n) is 21.6. The number of hydrogen-bond donors (Lipinski definition) is 0. The molecule has 0 aromatic heterocycles. The van der Waals surface area contributed by atoms with Gasteiger partial charge in [-0.1, -0.05) is 106 Å². The number of hydrogen-bond acceptors (Lipinski definition) is 4. The normalized spacial score (nSPS) is 20.5. The van der Waals surface area contributed by atoms with Gasteiger partial charge in [-0.25, -0.2) is 0 Å². The molecule has 0 amide bonds. The van der Waals surface area contributed by atoms with Crippen LogP contribution in [0.2, 0.25) is 5.04 Å². The highest BCUT2D eigenvalue weighted by atomic mass is 28.4. The van der Waals surface area contributed by atoms with Gasteiger partial charge in [-0.05, 0) is 34.7 Å². The second kappa shape index (κ2) is 12.6. The fraction of sp³-hybridized carbons (Fsp3) is 0.433. The molecule has 2 aromatic rings. The second-order valence-electron chi connectivity index (χ2n) is 10.3. The molecule has 0 radical (unpaired) electrons. The summed E-state index contributed by atoms with van der Waals surface area (Å²) < 4.78 is 18.7. The molecule has 0 saturated carbocycles. The van der Waals surface area contributed by atoms with Gasteiger partial charge < -0.3 is 18.7 Å². The quantitative estimate of drug-likeness (QED) is 0.232. The van der Waals surface area contributed by atoms with Gasteiger partial charge >= 0.3 is 0 Å². The molecule has 3 atom stereocenters. The average molecular weight is 493 g/mol. The van der Waals surface area contributed by atoms with Gasteiger partial charge in [0.15, 0.2) is 0 Å². The summed E-state index contributed by atoms with van der Waals surface area (Å²) in [5.41, 5.74) is 1.09. The molecule has 0 N–H and O–H groups in total. The number of methoxy groups -OCH3 is 1. The van der Waals surface area contributed by atoms with Crippen molar-refractivity contribution >= 4 is 25.0 Å². The van der Waals surface area contributed by atoms with Crippen LogP contribution in [0.5, 0.6) is 0 Å². The topological polar surface area (TPSA) is 44.8 Å². The van der Waals surface area contributed by atoms with Crippen LogP contribution >= 0.6 is 0 Å². The molecule has 0 bridgehead atoms. The molecular formula is C30H40O4Si. The number of ether oxygens (including phenoxy) is 2. The van der Waals surface area contributed by atoms with E-state index in [1.807, 2.05) is 12.2 Å². The highest BCUT2D eigenvalue weighted by molar-refractivity contribution is 6.99. The largest absolute Gasteiger partial charge is 0.403 e. The lowest BCUT2D eigenvalue weighted by atomic mass is 10.0. The zero-order valence-corrected chi connectivity index (χ0v) is 22.6. The molecule has 0 spiro atoms. The van der Waals surface area contributed by atoms with Crippen LogP contribution in [0.4, 0.5) is 0 Å². The summed E-state index contributed by atoms with van der Waals surface area (Å²) in [5.74, 6) is 0. The van der Waals surface area contributed by atoms with Crippen molar-refractivity contribution in [2.45, 2.75) is 69.8 Å². The highest BCUT2D eigenvalue weighted by Crippen LogP contribution is 2.37. The lowest BCUT2D eigenvalue weighted by Gasteiger charge is -2.43. The van der Waals surface area contributed by atoms with E-state index in [1.54, 1.807) is 7.11 Å². The van der Waals surface area contributed by atoms with Gasteiger partial charge in [-0.3, -0.25) is 0 Å². The molecule has 5 heteroatoms. The van der Waals surface area contributed by atoms with Crippen molar-refractivity contribution in [3.63, 3.8) is 0 Å². The van der Waals surface area contributed by atoms with Gasteiger partial charge in [0.2, 0.25) is 0 Å². The summed E-state index contributed by atoms with van der Waals surface area (Å²) >= 11 is 0. The number of benzene rings is 2. The number of aldehydes is 1. The summed E-state index contributed by atoms with van der Waals surface area (Å²) in [7, 11) is -0.870. The van der Waals surface area contributed by atoms with E-state index in [0.717, 1.165) is 31.1 Å². The molecule has 0 aliphatic carbocycles. The van der Waals surface area contributed by atoms with Gasteiger partial charge in [0.25, 0.3) is 8.32 Å². The fourth-order valence-corrected chi connectivity index (χ4v) is 9.57. The Kier molecular flexibility index (Phi) is 9.81. The van der Waals surface area contributed by atoms with Gasteiger partial charge in [0, 0.05) is 13.5 Å². The molecule has 1 aliphatic heterocycles. The SMILES string of the molecule is C=C(CCC[C@H]1O[C@H](CC=O)C=C[C@@H]1OC)CO[Si](c1ccccc1)(c1ccccc1)C(C)(C)C. The lowest BCUT2D eigenvalue weighted by molar-refractivity contribution is -0.114. The summed E-state index contributed by atoms with van der Waals surface area (Å²) in [6, 6.07) is 21.4. The summed E-state index contributed by atoms with van der Waals surface area (Å²) in [5, 5.41) is 2.49. The molecule has 35 heavy (non-hydrogen) atoms. The first-order valence-electron chi connectivity index (χ1n) is 12.5. The zero-order chi connectivity index (χ0) is 25.3. The molecular weight excluding hydrogens is 452 g/mol. The van der Waals surface area contributed by atoms with Crippen molar-refractivity contribution in [3.05, 3.63) is 85.0 Å². The first-order chi connectivity index (χ1) is 16.8. The maximum Gasteiger partial charge on any atom is 0.261 e. The minimum atomic E-state index is -2.57. The van der Waals surface area contributed by atoms with E-state index in [0.29, 0.717) is 13.0 Å². The van der Waals surface area contributed by atoms with Crippen molar-refractivity contribution in [1.82, 2.24) is 0 Å². The van der Waals surface area contributed by atoms with Crippen LogP contribution in [-0.4, -0.2) is 46.6 Å². The molecule has 1 aliphatic rings.